The number of ether oxygens (including phenoxy) is 4. The Balaban J connectivity index is 1.70. The fourth-order valence-electron chi connectivity index (χ4n) is 11.4. The molecule has 0 saturated carbocycles. The van der Waals surface area contributed by atoms with Crippen molar-refractivity contribution in [2.24, 2.45) is 0 Å². The van der Waals surface area contributed by atoms with Crippen LogP contribution in [-0.4, -0.2) is 140 Å². The minimum Gasteiger partial charge on any atom is -0.394 e. The molecule has 0 aromatic heterocycles. The van der Waals surface area contributed by atoms with Gasteiger partial charge in [-0.1, -0.05) is 299 Å². The Hall–Kier alpha value is -4.91. The summed E-state index contributed by atoms with van der Waals surface area (Å²) >= 11 is 0. The second kappa shape index (κ2) is 67.3. The van der Waals surface area contributed by atoms with Gasteiger partial charge in [-0.2, -0.15) is 0 Å². The van der Waals surface area contributed by atoms with Crippen LogP contribution in [0.3, 0.4) is 0 Å². The van der Waals surface area contributed by atoms with Crippen molar-refractivity contribution in [3.05, 3.63) is 182 Å². The molecule has 0 aromatic rings. The standard InChI is InChI=1S/C86H139NO13/c1-3-5-7-9-11-13-15-17-19-21-23-25-27-29-31-32-33-34-35-36-37-38-39-40-41-42-44-46-48-50-52-54-56-58-60-62-64-66-68-70-78(91)87-74(73-97-85-83(96)81(94)84(77(72-89)99-85)100-86-82(95)80(93)79(92)76(71-88)98-86)75(90)69-67-65-63-61-59-57-55-53-51-49-47-45-43-30-28-26-24-22-20-18-16-14-12-10-8-6-4-2/h5,7,11,13,17,19,23,25,29,31,33-34,36-37,39-40,42,44,48,50-51,53-54,56,59-62,67,69,74-77,79-86,88-90,92-96H,3-4,6,8-10,12,14-16,18,20-22,24,26-28,30,32,35,38,41,43,45-47,49,52,55,57-58,63-66,68,70-73H2,1-2H3,(H,87,91)/b7-5-,13-11-,19-17-,25-23-,31-29-,34-33-,37-36-,40-39-,44-42-,50-48-,53-51+,56-54-,61-59+,62-60-,69-67+. The molecule has 2 rings (SSSR count). The Morgan fingerprint density at radius 2 is 0.700 bits per heavy atom. The Labute approximate surface area is 606 Å². The van der Waals surface area contributed by atoms with Gasteiger partial charge in [0, 0.05) is 6.42 Å². The molecule has 2 heterocycles. The number of aliphatic hydroxyl groups is 8. The average molecular weight is 1400 g/mol. The highest BCUT2D eigenvalue weighted by Crippen LogP contribution is 2.30. The van der Waals surface area contributed by atoms with Gasteiger partial charge in [0.25, 0.3) is 0 Å². The molecule has 0 bridgehead atoms. The van der Waals surface area contributed by atoms with Crippen molar-refractivity contribution in [1.29, 1.82) is 0 Å². The first-order valence-electron chi connectivity index (χ1n) is 39.0. The van der Waals surface area contributed by atoms with Crippen LogP contribution in [0.15, 0.2) is 182 Å². The van der Waals surface area contributed by atoms with E-state index in [1.807, 2.05) is 6.08 Å². The van der Waals surface area contributed by atoms with Crippen molar-refractivity contribution in [1.82, 2.24) is 5.32 Å². The van der Waals surface area contributed by atoms with Crippen LogP contribution in [0.5, 0.6) is 0 Å². The van der Waals surface area contributed by atoms with Crippen LogP contribution in [0.4, 0.5) is 0 Å². The summed E-state index contributed by atoms with van der Waals surface area (Å²) in [5, 5.41) is 87.5. The SMILES string of the molecule is CC/C=C\C/C=C\C/C=C\C/C=C\C/C=C\C/C=C\C/C=C\C/C=C\C/C=C\C/C=C\C/C=C\C/C=C\CCCCC(=O)NC(COC1OC(CO)C(OC2OC(CO)C(O)C(O)C2O)C(O)C1O)C(O)/C=C/CC/C=C/CC/C=C/CCCCCCCCCCCCCCCCCCC. The largest absolute Gasteiger partial charge is 0.394 e. The highest BCUT2D eigenvalue weighted by atomic mass is 16.7. The average Bonchev–Trinajstić information content (AvgIpc) is 0.796. The number of allylic oxidation sites excluding steroid dienone is 29. The van der Waals surface area contributed by atoms with E-state index in [-0.39, 0.29) is 18.9 Å². The maximum Gasteiger partial charge on any atom is 0.220 e. The van der Waals surface area contributed by atoms with Crippen LogP contribution in [0.2, 0.25) is 0 Å². The zero-order valence-corrected chi connectivity index (χ0v) is 61.9. The number of nitrogens with one attached hydrogen (secondary N) is 1. The number of unbranched alkanes of at least 4 members (excludes halogenated alkanes) is 21. The zero-order valence-electron chi connectivity index (χ0n) is 61.9. The number of hydrogen-bond donors (Lipinski definition) is 9. The van der Waals surface area contributed by atoms with Crippen molar-refractivity contribution in [2.45, 2.75) is 331 Å². The predicted octanol–water partition coefficient (Wildman–Crippen LogP) is 17.7. The van der Waals surface area contributed by atoms with Gasteiger partial charge >= 0.3 is 0 Å². The zero-order chi connectivity index (χ0) is 72.2. The van der Waals surface area contributed by atoms with E-state index < -0.39 is 86.8 Å². The molecule has 100 heavy (non-hydrogen) atoms. The Kier molecular flexibility index (Phi) is 61.3. The van der Waals surface area contributed by atoms with Crippen molar-refractivity contribution in [3.63, 3.8) is 0 Å². The number of amides is 1. The molecule has 0 aliphatic carbocycles. The summed E-state index contributed by atoms with van der Waals surface area (Å²) in [7, 11) is 0. The maximum atomic E-state index is 13.3. The van der Waals surface area contributed by atoms with Crippen LogP contribution in [-0.2, 0) is 23.7 Å². The van der Waals surface area contributed by atoms with Gasteiger partial charge in [-0.25, -0.2) is 0 Å². The van der Waals surface area contributed by atoms with E-state index in [0.717, 1.165) is 116 Å². The normalized spacial score (nSPS) is 22.9. The molecule has 2 fully saturated rings. The fourth-order valence-corrected chi connectivity index (χ4v) is 11.4. The van der Waals surface area contributed by atoms with E-state index >= 15 is 0 Å². The molecule has 566 valence electrons. The lowest BCUT2D eigenvalue weighted by atomic mass is 9.97. The molecule has 9 N–H and O–H groups in total. The minimum absolute atomic E-state index is 0.202. The van der Waals surface area contributed by atoms with Crippen molar-refractivity contribution in [3.8, 4) is 0 Å². The first-order valence-corrected chi connectivity index (χ1v) is 39.0. The molecule has 1 amide bonds. The van der Waals surface area contributed by atoms with E-state index in [2.05, 4.69) is 189 Å². The topological polar surface area (TPSA) is 228 Å². The summed E-state index contributed by atoms with van der Waals surface area (Å²) in [6, 6.07) is -0.978. The molecular weight excluding hydrogens is 1250 g/mol. The third kappa shape index (κ3) is 49.7. The number of carbonyl (C=O) groups is 1. The van der Waals surface area contributed by atoms with Gasteiger partial charge in [-0.05, 0) is 135 Å². The van der Waals surface area contributed by atoms with Gasteiger partial charge in [0.2, 0.25) is 5.91 Å². The summed E-state index contributed by atoms with van der Waals surface area (Å²) in [6.45, 7) is 2.64. The molecule has 0 aromatic carbocycles. The summed E-state index contributed by atoms with van der Waals surface area (Å²) < 4.78 is 22.8. The number of aliphatic hydroxyl groups excluding tert-OH is 8. The van der Waals surface area contributed by atoms with Crippen molar-refractivity contribution >= 4 is 5.91 Å². The summed E-state index contributed by atoms with van der Waals surface area (Å²) in [5.41, 5.74) is 0. The molecule has 0 radical (unpaired) electrons. The molecule has 0 spiro atoms. The first kappa shape index (κ1) is 91.2. The minimum atomic E-state index is -1.81. The molecule has 12 unspecified atom stereocenters. The van der Waals surface area contributed by atoms with Crippen LogP contribution >= 0.6 is 0 Å². The predicted molar refractivity (Wildman–Crippen MR) is 414 cm³/mol. The molecule has 2 aliphatic heterocycles. The van der Waals surface area contributed by atoms with Gasteiger partial charge in [0.15, 0.2) is 12.6 Å². The van der Waals surface area contributed by atoms with Crippen molar-refractivity contribution in [2.75, 3.05) is 19.8 Å². The van der Waals surface area contributed by atoms with E-state index in [1.165, 1.54) is 109 Å². The summed E-state index contributed by atoms with van der Waals surface area (Å²) in [5.74, 6) is -0.302. The van der Waals surface area contributed by atoms with Gasteiger partial charge < -0.3 is 65.1 Å². The van der Waals surface area contributed by atoms with E-state index in [9.17, 15) is 45.6 Å². The van der Waals surface area contributed by atoms with Crippen LogP contribution in [0.1, 0.15) is 258 Å². The van der Waals surface area contributed by atoms with Crippen LogP contribution in [0.25, 0.3) is 0 Å². The van der Waals surface area contributed by atoms with Gasteiger partial charge in [-0.3, -0.25) is 4.79 Å². The third-order valence-electron chi connectivity index (χ3n) is 17.6. The highest BCUT2D eigenvalue weighted by Gasteiger charge is 2.51. The van der Waals surface area contributed by atoms with E-state index in [0.29, 0.717) is 12.8 Å². The van der Waals surface area contributed by atoms with E-state index in [4.69, 9.17) is 18.9 Å². The Morgan fingerprint density at radius 3 is 1.10 bits per heavy atom. The molecule has 2 aliphatic rings. The lowest BCUT2D eigenvalue weighted by molar-refractivity contribution is -0.359. The Bertz CT molecular complexity index is 2390. The van der Waals surface area contributed by atoms with Gasteiger partial charge in [0.1, 0.15) is 48.8 Å². The quantitative estimate of drug-likeness (QED) is 0.0204. The maximum absolute atomic E-state index is 13.3. The molecule has 2 saturated heterocycles. The first-order chi connectivity index (χ1) is 49.1. The van der Waals surface area contributed by atoms with Gasteiger partial charge in [-0.15, -0.1) is 0 Å². The lowest BCUT2D eigenvalue weighted by Crippen LogP contribution is -2.65. The number of rotatable bonds is 62. The monoisotopic (exact) mass is 1390 g/mol. The smallest absolute Gasteiger partial charge is 0.220 e. The second-order valence-electron chi connectivity index (χ2n) is 26.4. The fraction of sp³-hybridized carbons (Fsp3) is 0.640. The lowest BCUT2D eigenvalue weighted by Gasteiger charge is -2.46. The number of hydrogen-bond acceptors (Lipinski definition) is 13. The number of carbonyl (C=O) groups excluding carboxylic acids is 1. The van der Waals surface area contributed by atoms with E-state index in [1.54, 1.807) is 6.08 Å². The van der Waals surface area contributed by atoms with Crippen LogP contribution in [0, 0.1) is 0 Å². The molecular formula is C86H139NO13. The summed E-state index contributed by atoms with van der Waals surface area (Å²) in [4.78, 5) is 13.3. The summed E-state index contributed by atoms with van der Waals surface area (Å²) in [6.07, 6.45) is 89.6. The molecule has 12 atom stereocenters. The van der Waals surface area contributed by atoms with Gasteiger partial charge in [0.05, 0.1) is 32.0 Å². The third-order valence-corrected chi connectivity index (χ3v) is 17.6. The Morgan fingerprint density at radius 1 is 0.370 bits per heavy atom. The second-order valence-corrected chi connectivity index (χ2v) is 26.4. The van der Waals surface area contributed by atoms with Crippen LogP contribution < -0.4 is 5.32 Å². The van der Waals surface area contributed by atoms with Crippen molar-refractivity contribution < 1.29 is 64.6 Å². The molecule has 14 heteroatoms. The molecule has 14 nitrogen and oxygen atoms in total. The highest BCUT2D eigenvalue weighted by molar-refractivity contribution is 5.76.